The zero-order valence-corrected chi connectivity index (χ0v) is 13.5. The van der Waals surface area contributed by atoms with Crippen molar-refractivity contribution in [2.45, 2.75) is 70.6 Å². The van der Waals surface area contributed by atoms with Gasteiger partial charge in [0.15, 0.2) is 0 Å². The number of likely N-dealkylation sites (tertiary alicyclic amines) is 1. The van der Waals surface area contributed by atoms with Gasteiger partial charge in [0.2, 0.25) is 0 Å². The third-order valence-corrected chi connectivity index (χ3v) is 4.51. The molecule has 2 fully saturated rings. The van der Waals surface area contributed by atoms with Gasteiger partial charge in [-0.25, -0.2) is 0 Å². The summed E-state index contributed by atoms with van der Waals surface area (Å²) in [6.45, 7) is 8.54. The largest absolute Gasteiger partial charge is 0.459 e. The standard InChI is InChI=1S/C16H30N2O2/c1-16(2,3)20-15(19)12-17(4)13-8-10-18(11-9-13)14-6-5-7-14/h13-14H,5-12H2,1-4H3. The van der Waals surface area contributed by atoms with E-state index in [2.05, 4.69) is 9.80 Å². The average molecular weight is 282 g/mol. The van der Waals surface area contributed by atoms with E-state index in [1.54, 1.807) is 0 Å². The van der Waals surface area contributed by atoms with Gasteiger partial charge in [-0.3, -0.25) is 9.69 Å². The fourth-order valence-electron chi connectivity index (χ4n) is 3.15. The SMILES string of the molecule is CN(CC(=O)OC(C)(C)C)C1CCN(C2CCC2)CC1. The molecule has 0 aromatic carbocycles. The number of likely N-dealkylation sites (N-methyl/N-ethyl adjacent to an activating group) is 1. The van der Waals surface area contributed by atoms with Gasteiger partial charge < -0.3 is 9.64 Å². The topological polar surface area (TPSA) is 32.8 Å². The Labute approximate surface area is 123 Å². The Morgan fingerprint density at radius 2 is 1.80 bits per heavy atom. The lowest BCUT2D eigenvalue weighted by Crippen LogP contribution is -2.50. The van der Waals surface area contributed by atoms with E-state index in [9.17, 15) is 4.79 Å². The first kappa shape index (κ1) is 15.8. The highest BCUT2D eigenvalue weighted by Gasteiger charge is 2.30. The van der Waals surface area contributed by atoms with E-state index in [1.807, 2.05) is 27.8 Å². The quantitative estimate of drug-likeness (QED) is 0.741. The maximum absolute atomic E-state index is 11.9. The maximum Gasteiger partial charge on any atom is 0.320 e. The van der Waals surface area contributed by atoms with Crippen molar-refractivity contribution in [1.29, 1.82) is 0 Å². The molecule has 2 aliphatic rings. The molecule has 1 aliphatic heterocycles. The van der Waals surface area contributed by atoms with Gasteiger partial charge in [-0.1, -0.05) is 6.42 Å². The molecular formula is C16H30N2O2. The average Bonchev–Trinajstić information content (AvgIpc) is 2.24. The van der Waals surface area contributed by atoms with Crippen molar-refractivity contribution in [3.8, 4) is 0 Å². The normalized spacial score (nSPS) is 22.9. The van der Waals surface area contributed by atoms with Crippen LogP contribution in [0.3, 0.4) is 0 Å². The summed E-state index contributed by atoms with van der Waals surface area (Å²) in [6.07, 6.45) is 6.53. The van der Waals surface area contributed by atoms with Gasteiger partial charge in [-0.2, -0.15) is 0 Å². The summed E-state index contributed by atoms with van der Waals surface area (Å²) >= 11 is 0. The summed E-state index contributed by atoms with van der Waals surface area (Å²) < 4.78 is 5.39. The van der Waals surface area contributed by atoms with Crippen LogP contribution >= 0.6 is 0 Å². The molecule has 1 aliphatic carbocycles. The monoisotopic (exact) mass is 282 g/mol. The smallest absolute Gasteiger partial charge is 0.320 e. The van der Waals surface area contributed by atoms with Crippen molar-refractivity contribution < 1.29 is 9.53 Å². The van der Waals surface area contributed by atoms with Crippen LogP contribution in [-0.2, 0) is 9.53 Å². The van der Waals surface area contributed by atoms with E-state index >= 15 is 0 Å². The molecule has 2 rings (SSSR count). The molecule has 0 atom stereocenters. The van der Waals surface area contributed by atoms with E-state index in [0.29, 0.717) is 12.6 Å². The highest BCUT2D eigenvalue weighted by Crippen LogP contribution is 2.28. The van der Waals surface area contributed by atoms with Crippen LogP contribution in [0.2, 0.25) is 0 Å². The van der Waals surface area contributed by atoms with Crippen molar-refractivity contribution in [3.05, 3.63) is 0 Å². The molecule has 1 heterocycles. The number of carbonyl (C=O) groups excluding carboxylic acids is 1. The van der Waals surface area contributed by atoms with Crippen LogP contribution in [-0.4, -0.2) is 60.1 Å². The van der Waals surface area contributed by atoms with Gasteiger partial charge in [0.1, 0.15) is 5.60 Å². The number of carbonyl (C=O) groups is 1. The molecule has 0 spiro atoms. The molecule has 0 aromatic heterocycles. The van der Waals surface area contributed by atoms with Crippen LogP contribution in [0.15, 0.2) is 0 Å². The summed E-state index contributed by atoms with van der Waals surface area (Å²) in [5.41, 5.74) is -0.383. The highest BCUT2D eigenvalue weighted by molar-refractivity contribution is 5.72. The van der Waals surface area contributed by atoms with Crippen LogP contribution in [0.4, 0.5) is 0 Å². The molecule has 4 heteroatoms. The van der Waals surface area contributed by atoms with Crippen molar-refractivity contribution >= 4 is 5.97 Å². The van der Waals surface area contributed by atoms with Crippen LogP contribution in [0, 0.1) is 0 Å². The van der Waals surface area contributed by atoms with Gasteiger partial charge in [-0.15, -0.1) is 0 Å². The molecule has 0 aromatic rings. The molecule has 0 unspecified atom stereocenters. The Morgan fingerprint density at radius 3 is 2.25 bits per heavy atom. The summed E-state index contributed by atoms with van der Waals surface area (Å²) in [5.74, 6) is -0.110. The number of rotatable bonds is 4. The van der Waals surface area contributed by atoms with Gasteiger partial charge in [0.05, 0.1) is 6.54 Å². The van der Waals surface area contributed by atoms with Gasteiger partial charge in [0, 0.05) is 12.1 Å². The summed E-state index contributed by atoms with van der Waals surface area (Å²) in [6, 6.07) is 1.38. The lowest BCUT2D eigenvalue weighted by molar-refractivity contribution is -0.156. The van der Waals surface area contributed by atoms with E-state index in [4.69, 9.17) is 4.74 Å². The van der Waals surface area contributed by atoms with Gasteiger partial charge in [0.25, 0.3) is 0 Å². The lowest BCUT2D eigenvalue weighted by Gasteiger charge is -2.43. The number of hydrogen-bond donors (Lipinski definition) is 0. The Bertz CT molecular complexity index is 326. The van der Waals surface area contributed by atoms with Gasteiger partial charge >= 0.3 is 5.97 Å². The second-order valence-electron chi connectivity index (χ2n) is 7.35. The molecule has 20 heavy (non-hydrogen) atoms. The maximum atomic E-state index is 11.9. The second kappa shape index (κ2) is 6.44. The van der Waals surface area contributed by atoms with Crippen molar-refractivity contribution in [3.63, 3.8) is 0 Å². The first-order valence-electron chi connectivity index (χ1n) is 8.01. The molecule has 4 nitrogen and oxygen atoms in total. The predicted octanol–water partition coefficient (Wildman–Crippen LogP) is 2.28. The zero-order valence-electron chi connectivity index (χ0n) is 13.5. The fraction of sp³-hybridized carbons (Fsp3) is 0.938. The van der Waals surface area contributed by atoms with E-state index < -0.39 is 0 Å². The lowest BCUT2D eigenvalue weighted by atomic mass is 9.89. The van der Waals surface area contributed by atoms with Crippen molar-refractivity contribution in [2.24, 2.45) is 0 Å². The highest BCUT2D eigenvalue weighted by atomic mass is 16.6. The molecule has 116 valence electrons. The van der Waals surface area contributed by atoms with Crippen LogP contribution in [0.1, 0.15) is 52.9 Å². The van der Waals surface area contributed by atoms with Crippen molar-refractivity contribution in [2.75, 3.05) is 26.7 Å². The number of nitrogens with zero attached hydrogens (tertiary/aromatic N) is 2. The fourth-order valence-corrected chi connectivity index (χ4v) is 3.15. The minimum absolute atomic E-state index is 0.110. The molecule has 0 amide bonds. The molecular weight excluding hydrogens is 252 g/mol. The number of esters is 1. The van der Waals surface area contributed by atoms with Gasteiger partial charge in [-0.05, 0) is 66.6 Å². The number of hydrogen-bond acceptors (Lipinski definition) is 4. The Kier molecular flexibility index (Phi) is 5.08. The van der Waals surface area contributed by atoms with Crippen LogP contribution in [0.25, 0.3) is 0 Å². The molecule has 1 saturated heterocycles. The first-order valence-corrected chi connectivity index (χ1v) is 8.01. The molecule has 1 saturated carbocycles. The molecule has 0 radical (unpaired) electrons. The minimum Gasteiger partial charge on any atom is -0.459 e. The van der Waals surface area contributed by atoms with E-state index in [1.165, 1.54) is 45.2 Å². The summed E-state index contributed by atoms with van der Waals surface area (Å²) in [5, 5.41) is 0. The Hall–Kier alpha value is -0.610. The Balaban J connectivity index is 1.71. The predicted molar refractivity (Wildman–Crippen MR) is 80.7 cm³/mol. The molecule has 0 N–H and O–H groups in total. The van der Waals surface area contributed by atoms with Crippen molar-refractivity contribution in [1.82, 2.24) is 9.80 Å². The number of piperidine rings is 1. The summed E-state index contributed by atoms with van der Waals surface area (Å²) in [7, 11) is 2.05. The second-order valence-corrected chi connectivity index (χ2v) is 7.35. The minimum atomic E-state index is -0.383. The van der Waals surface area contributed by atoms with Crippen LogP contribution < -0.4 is 0 Å². The molecule has 0 bridgehead atoms. The third-order valence-electron chi connectivity index (χ3n) is 4.51. The third kappa shape index (κ3) is 4.45. The van der Waals surface area contributed by atoms with Crippen LogP contribution in [0.5, 0.6) is 0 Å². The first-order chi connectivity index (χ1) is 9.35. The zero-order chi connectivity index (χ0) is 14.8. The van der Waals surface area contributed by atoms with E-state index in [-0.39, 0.29) is 11.6 Å². The summed E-state index contributed by atoms with van der Waals surface area (Å²) in [4.78, 5) is 16.7. The Morgan fingerprint density at radius 1 is 1.20 bits per heavy atom. The van der Waals surface area contributed by atoms with E-state index in [0.717, 1.165) is 6.04 Å². The number of ether oxygens (including phenoxy) is 1.